The van der Waals surface area contributed by atoms with Gasteiger partial charge in [-0.15, -0.1) is 5.10 Å². The van der Waals surface area contributed by atoms with Gasteiger partial charge in [-0.25, -0.2) is 8.78 Å². The van der Waals surface area contributed by atoms with E-state index in [1.807, 2.05) is 0 Å². The lowest BCUT2D eigenvalue weighted by Crippen LogP contribution is -2.34. The van der Waals surface area contributed by atoms with Crippen molar-refractivity contribution < 1.29 is 13.6 Å². The Kier molecular flexibility index (Phi) is 7.05. The van der Waals surface area contributed by atoms with Crippen LogP contribution in [0.5, 0.6) is 0 Å². The first kappa shape index (κ1) is 25.0. The molecule has 0 spiro atoms. The summed E-state index contributed by atoms with van der Waals surface area (Å²) in [6.45, 7) is 0. The second-order valence-corrected chi connectivity index (χ2v) is 8.86. The van der Waals surface area contributed by atoms with Crippen molar-refractivity contribution in [1.29, 1.82) is 0 Å². The summed E-state index contributed by atoms with van der Waals surface area (Å²) in [4.78, 5) is 26.7. The fraction of sp³-hybridized carbons (Fsp3) is 0.0741. The number of nitrogens with one attached hydrogen (secondary N) is 1. The average Bonchev–Trinajstić information content (AvgIpc) is 3.45. The highest BCUT2D eigenvalue weighted by Gasteiger charge is 2.23. The number of hydrogen-bond donors (Lipinski definition) is 1. The van der Waals surface area contributed by atoms with Crippen LogP contribution in [0.15, 0.2) is 96.2 Å². The van der Waals surface area contributed by atoms with Gasteiger partial charge in [-0.1, -0.05) is 23.7 Å². The molecule has 0 saturated heterocycles. The number of rotatable bonds is 7. The van der Waals surface area contributed by atoms with E-state index in [1.165, 1.54) is 64.2 Å². The maximum Gasteiger partial charge on any atom is 0.251 e. The number of aromatic nitrogens is 5. The second-order valence-electron chi connectivity index (χ2n) is 8.42. The molecule has 0 aliphatic heterocycles. The molecule has 1 unspecified atom stereocenters. The van der Waals surface area contributed by atoms with Gasteiger partial charge in [0.1, 0.15) is 24.0 Å². The van der Waals surface area contributed by atoms with Crippen LogP contribution in [0, 0.1) is 11.6 Å². The topological polar surface area (TPSA) is 94.7 Å². The van der Waals surface area contributed by atoms with Crippen molar-refractivity contribution in [1.82, 2.24) is 24.8 Å². The largest absolute Gasteiger partial charge is 0.324 e. The molecular formula is C27H19ClF2N6O2. The number of carbonyl (C=O) groups is 1. The Morgan fingerprint density at radius 1 is 0.947 bits per heavy atom. The summed E-state index contributed by atoms with van der Waals surface area (Å²) >= 11 is 6.23. The predicted octanol–water partition coefficient (Wildman–Crippen LogP) is 4.85. The zero-order valence-corrected chi connectivity index (χ0v) is 20.4. The lowest BCUT2D eigenvalue weighted by molar-refractivity contribution is -0.119. The van der Waals surface area contributed by atoms with Gasteiger partial charge >= 0.3 is 0 Å². The number of pyridine rings is 1. The van der Waals surface area contributed by atoms with Crippen LogP contribution in [0.25, 0.3) is 16.8 Å². The number of hydrogen-bond acceptors (Lipinski definition) is 5. The first-order chi connectivity index (χ1) is 18.4. The smallest absolute Gasteiger partial charge is 0.251 e. The molecule has 1 N–H and O–H groups in total. The molecular weight excluding hydrogens is 514 g/mol. The Hall–Kier alpha value is -4.70. The van der Waals surface area contributed by atoms with E-state index < -0.39 is 29.1 Å². The zero-order valence-electron chi connectivity index (χ0n) is 19.6. The maximum absolute atomic E-state index is 13.5. The monoisotopic (exact) mass is 532 g/mol. The molecule has 1 amide bonds. The third-order valence-electron chi connectivity index (χ3n) is 5.91. The number of nitrogens with zero attached hydrogens (tertiary/aromatic N) is 5. The number of anilines is 1. The Bertz CT molecular complexity index is 1640. The zero-order chi connectivity index (χ0) is 26.6. The van der Waals surface area contributed by atoms with Gasteiger partial charge in [0.05, 0.1) is 5.69 Å². The highest BCUT2D eigenvalue weighted by Crippen LogP contribution is 2.29. The molecule has 5 aromatic rings. The number of benzene rings is 3. The molecule has 1 atom stereocenters. The van der Waals surface area contributed by atoms with Gasteiger partial charge in [-0.2, -0.15) is 4.68 Å². The molecule has 190 valence electrons. The van der Waals surface area contributed by atoms with Crippen molar-refractivity contribution in [2.75, 3.05) is 5.32 Å². The Morgan fingerprint density at radius 2 is 1.66 bits per heavy atom. The first-order valence-corrected chi connectivity index (χ1v) is 11.8. The van der Waals surface area contributed by atoms with E-state index in [9.17, 15) is 18.4 Å². The van der Waals surface area contributed by atoms with E-state index in [0.29, 0.717) is 33.1 Å². The van der Waals surface area contributed by atoms with Crippen molar-refractivity contribution in [2.45, 2.75) is 12.5 Å². The third kappa shape index (κ3) is 5.50. The lowest BCUT2D eigenvalue weighted by atomic mass is 10.0. The summed E-state index contributed by atoms with van der Waals surface area (Å²) in [7, 11) is 0. The van der Waals surface area contributed by atoms with Gasteiger partial charge in [0.15, 0.2) is 0 Å². The first-order valence-electron chi connectivity index (χ1n) is 11.4. The quantitative estimate of drug-likeness (QED) is 0.323. The van der Waals surface area contributed by atoms with E-state index in [1.54, 1.807) is 36.4 Å². The van der Waals surface area contributed by atoms with Gasteiger partial charge in [-0.3, -0.25) is 9.59 Å². The van der Waals surface area contributed by atoms with Crippen LogP contribution < -0.4 is 10.9 Å². The minimum absolute atomic E-state index is 0.111. The second kappa shape index (κ2) is 10.7. The van der Waals surface area contributed by atoms with Crippen LogP contribution in [-0.4, -0.2) is 30.7 Å². The molecule has 0 aliphatic rings. The van der Waals surface area contributed by atoms with Crippen LogP contribution in [-0.2, 0) is 11.2 Å². The summed E-state index contributed by atoms with van der Waals surface area (Å²) < 4.78 is 29.5. The van der Waals surface area contributed by atoms with Crippen molar-refractivity contribution in [2.24, 2.45) is 0 Å². The molecule has 0 bridgehead atoms. The average molecular weight is 533 g/mol. The SMILES string of the molecule is O=C(Nc1ccc(F)cc1)C(Cc1ccc(F)cc1)n1ccc(-c2cc(Cl)ccc2-n2cnnn2)cc1=O. The minimum atomic E-state index is -0.981. The van der Waals surface area contributed by atoms with Crippen LogP contribution in [0.4, 0.5) is 14.5 Å². The molecule has 5 rings (SSSR count). The highest BCUT2D eigenvalue weighted by molar-refractivity contribution is 6.31. The summed E-state index contributed by atoms with van der Waals surface area (Å²) in [5.41, 5.74) is 2.33. The van der Waals surface area contributed by atoms with E-state index in [4.69, 9.17) is 11.6 Å². The number of carbonyl (C=O) groups excluding carboxylic acids is 1. The van der Waals surface area contributed by atoms with Crippen molar-refractivity contribution >= 4 is 23.2 Å². The molecule has 2 aromatic heterocycles. The molecule has 38 heavy (non-hydrogen) atoms. The molecule has 0 fully saturated rings. The van der Waals surface area contributed by atoms with Crippen LogP contribution in [0.2, 0.25) is 5.02 Å². The molecule has 8 nitrogen and oxygen atoms in total. The summed E-state index contributed by atoms with van der Waals surface area (Å²) in [6.07, 6.45) is 3.05. The molecule has 11 heteroatoms. The highest BCUT2D eigenvalue weighted by atomic mass is 35.5. The maximum atomic E-state index is 13.5. The van der Waals surface area contributed by atoms with Crippen molar-refractivity contribution in [3.8, 4) is 16.8 Å². The molecule has 2 heterocycles. The van der Waals surface area contributed by atoms with E-state index >= 15 is 0 Å². The molecule has 0 radical (unpaired) electrons. The van der Waals surface area contributed by atoms with Crippen LogP contribution >= 0.6 is 11.6 Å². The van der Waals surface area contributed by atoms with Crippen molar-refractivity contribution in [3.05, 3.63) is 124 Å². The summed E-state index contributed by atoms with van der Waals surface area (Å²) in [5, 5.41) is 14.4. The van der Waals surface area contributed by atoms with E-state index in [-0.39, 0.29) is 6.42 Å². The predicted molar refractivity (Wildman–Crippen MR) is 138 cm³/mol. The third-order valence-corrected chi connectivity index (χ3v) is 6.14. The Morgan fingerprint density at radius 3 is 2.32 bits per heavy atom. The van der Waals surface area contributed by atoms with E-state index in [2.05, 4.69) is 20.8 Å². The normalized spacial score (nSPS) is 11.8. The number of amides is 1. The molecule has 3 aromatic carbocycles. The Balaban J connectivity index is 1.53. The summed E-state index contributed by atoms with van der Waals surface area (Å²) in [6, 6.07) is 18.2. The van der Waals surface area contributed by atoms with Crippen LogP contribution in [0.3, 0.4) is 0 Å². The number of halogens is 3. The Labute approximate surface area is 220 Å². The van der Waals surface area contributed by atoms with Gasteiger partial charge in [0, 0.05) is 35.0 Å². The standard InChI is InChI=1S/C27H19ClF2N6O2/c28-19-3-10-24(36-16-31-33-34-36)23(15-19)18-11-12-35(26(37)14-18)25(13-17-1-4-20(29)5-2-17)27(38)32-22-8-6-21(30)7-9-22/h1-12,14-16,25H,13H2,(H,32,38). The van der Waals surface area contributed by atoms with Crippen molar-refractivity contribution in [3.63, 3.8) is 0 Å². The minimum Gasteiger partial charge on any atom is -0.324 e. The fourth-order valence-corrected chi connectivity index (χ4v) is 4.22. The van der Waals surface area contributed by atoms with Gasteiger partial charge in [0.2, 0.25) is 5.91 Å². The van der Waals surface area contributed by atoms with E-state index in [0.717, 1.165) is 0 Å². The molecule has 0 saturated carbocycles. The fourth-order valence-electron chi connectivity index (χ4n) is 4.05. The summed E-state index contributed by atoms with van der Waals surface area (Å²) in [5.74, 6) is -1.35. The van der Waals surface area contributed by atoms with Gasteiger partial charge in [0.25, 0.3) is 5.56 Å². The van der Waals surface area contributed by atoms with Gasteiger partial charge < -0.3 is 9.88 Å². The number of tetrazole rings is 1. The van der Waals surface area contributed by atoms with Crippen LogP contribution in [0.1, 0.15) is 11.6 Å². The molecule has 0 aliphatic carbocycles. The van der Waals surface area contributed by atoms with Gasteiger partial charge in [-0.05, 0) is 82.2 Å². The lowest BCUT2D eigenvalue weighted by Gasteiger charge is -2.20.